The summed E-state index contributed by atoms with van der Waals surface area (Å²) in [7, 11) is 0. The highest BCUT2D eigenvalue weighted by Crippen LogP contribution is 2.40. The highest BCUT2D eigenvalue weighted by Gasteiger charge is 2.27. The normalized spacial score (nSPS) is 16.6. The van der Waals surface area contributed by atoms with Crippen LogP contribution >= 0.6 is 22.9 Å². The largest absolute Gasteiger partial charge is 0.376 e. The number of rotatable bonds is 4. The molecule has 0 aliphatic heterocycles. The van der Waals surface area contributed by atoms with Gasteiger partial charge < -0.3 is 5.32 Å². The highest BCUT2D eigenvalue weighted by molar-refractivity contribution is 7.10. The number of anilines is 1. The van der Waals surface area contributed by atoms with Gasteiger partial charge in [0.05, 0.1) is 17.3 Å². The van der Waals surface area contributed by atoms with Crippen molar-refractivity contribution in [3.05, 3.63) is 51.2 Å². The lowest BCUT2D eigenvalue weighted by Gasteiger charge is -2.25. The molecule has 1 aliphatic carbocycles. The van der Waals surface area contributed by atoms with Gasteiger partial charge in [-0.2, -0.15) is 5.26 Å². The van der Waals surface area contributed by atoms with Crippen LogP contribution in [0.15, 0.2) is 35.7 Å². The first-order valence-electron chi connectivity index (χ1n) is 7.27. The average Bonchev–Trinajstić information content (AvgIpc) is 3.18. The van der Waals surface area contributed by atoms with Crippen molar-refractivity contribution in [3.8, 4) is 6.07 Å². The molecule has 0 radical (unpaired) electrons. The zero-order valence-corrected chi connectivity index (χ0v) is 13.3. The summed E-state index contributed by atoms with van der Waals surface area (Å²) in [6, 6.07) is 12.2. The van der Waals surface area contributed by atoms with E-state index in [-0.39, 0.29) is 6.04 Å². The monoisotopic (exact) mass is 316 g/mol. The topological polar surface area (TPSA) is 35.8 Å². The second-order valence-corrected chi connectivity index (χ2v) is 6.90. The van der Waals surface area contributed by atoms with Gasteiger partial charge in [-0.3, -0.25) is 0 Å². The van der Waals surface area contributed by atoms with Crippen LogP contribution in [0.25, 0.3) is 0 Å². The molecule has 0 spiro atoms. The molecule has 1 unspecified atom stereocenters. The average molecular weight is 317 g/mol. The Balaban J connectivity index is 1.91. The predicted molar refractivity (Wildman–Crippen MR) is 88.8 cm³/mol. The van der Waals surface area contributed by atoms with Crippen molar-refractivity contribution in [3.63, 3.8) is 0 Å². The van der Waals surface area contributed by atoms with Crippen molar-refractivity contribution in [1.29, 1.82) is 5.26 Å². The van der Waals surface area contributed by atoms with Crippen LogP contribution in [0.3, 0.4) is 0 Å². The molecule has 0 bridgehead atoms. The quantitative estimate of drug-likeness (QED) is 0.795. The summed E-state index contributed by atoms with van der Waals surface area (Å²) in [5.41, 5.74) is 1.49. The molecule has 0 saturated heterocycles. The van der Waals surface area contributed by atoms with Crippen LogP contribution in [0.1, 0.15) is 42.2 Å². The molecule has 1 saturated carbocycles. The smallest absolute Gasteiger partial charge is 0.101 e. The van der Waals surface area contributed by atoms with Crippen molar-refractivity contribution < 1.29 is 0 Å². The number of halogens is 1. The molecule has 1 atom stereocenters. The Kier molecular flexibility index (Phi) is 4.48. The van der Waals surface area contributed by atoms with Gasteiger partial charge in [0.1, 0.15) is 6.07 Å². The third-order valence-electron chi connectivity index (χ3n) is 4.13. The minimum atomic E-state index is 0.276. The molecule has 1 aliphatic rings. The van der Waals surface area contributed by atoms with Crippen molar-refractivity contribution in [1.82, 2.24) is 0 Å². The molecular formula is C17H17ClN2S. The van der Waals surface area contributed by atoms with Crippen LogP contribution in [0.4, 0.5) is 5.69 Å². The molecule has 2 aromatic rings. The van der Waals surface area contributed by atoms with Gasteiger partial charge in [-0.1, -0.05) is 30.5 Å². The molecule has 1 N–H and O–H groups in total. The maximum Gasteiger partial charge on any atom is 0.101 e. The van der Waals surface area contributed by atoms with Gasteiger partial charge in [0.25, 0.3) is 0 Å². The summed E-state index contributed by atoms with van der Waals surface area (Å²) < 4.78 is 0. The van der Waals surface area contributed by atoms with E-state index >= 15 is 0 Å². The van der Waals surface area contributed by atoms with E-state index in [0.29, 0.717) is 16.5 Å². The maximum absolute atomic E-state index is 9.29. The number of hydrogen-bond donors (Lipinski definition) is 1. The minimum Gasteiger partial charge on any atom is -0.376 e. The van der Waals surface area contributed by atoms with Gasteiger partial charge >= 0.3 is 0 Å². The van der Waals surface area contributed by atoms with Gasteiger partial charge in [0.15, 0.2) is 0 Å². The number of benzene rings is 1. The molecule has 0 amide bonds. The molecule has 1 fully saturated rings. The maximum atomic E-state index is 9.29. The van der Waals surface area contributed by atoms with Crippen molar-refractivity contribution >= 4 is 28.6 Å². The second-order valence-electron chi connectivity index (χ2n) is 5.48. The van der Waals surface area contributed by atoms with Crippen LogP contribution in [0.2, 0.25) is 5.02 Å². The van der Waals surface area contributed by atoms with Crippen LogP contribution in [-0.4, -0.2) is 0 Å². The van der Waals surface area contributed by atoms with Gasteiger partial charge in [0.2, 0.25) is 0 Å². The van der Waals surface area contributed by atoms with Crippen LogP contribution in [-0.2, 0) is 0 Å². The van der Waals surface area contributed by atoms with E-state index in [2.05, 4.69) is 28.9 Å². The first-order chi connectivity index (χ1) is 10.3. The molecule has 3 rings (SSSR count). The Hall–Kier alpha value is -1.50. The number of nitriles is 1. The summed E-state index contributed by atoms with van der Waals surface area (Å²) in [6.07, 6.45) is 5.10. The standard InChI is InChI=1S/C17H17ClN2S/c18-14-8-7-13(11-19)15(10-14)20-17(12-4-1-2-5-12)16-6-3-9-21-16/h3,6-10,12,17,20H,1-2,4-5H2. The summed E-state index contributed by atoms with van der Waals surface area (Å²) in [5.74, 6) is 0.633. The Bertz CT molecular complexity index is 639. The second kappa shape index (κ2) is 6.51. The number of nitrogens with zero attached hydrogens (tertiary/aromatic N) is 1. The van der Waals surface area contributed by atoms with Gasteiger partial charge in [0, 0.05) is 9.90 Å². The fraction of sp³-hybridized carbons (Fsp3) is 0.353. The fourth-order valence-electron chi connectivity index (χ4n) is 3.08. The molecule has 1 aromatic carbocycles. The molecule has 4 heteroatoms. The summed E-state index contributed by atoms with van der Waals surface area (Å²) >= 11 is 7.87. The lowest BCUT2D eigenvalue weighted by atomic mass is 9.96. The molecule has 2 nitrogen and oxygen atoms in total. The Morgan fingerprint density at radius 3 is 2.76 bits per heavy atom. The third kappa shape index (κ3) is 3.23. The number of nitrogens with one attached hydrogen (secondary N) is 1. The van der Waals surface area contributed by atoms with E-state index in [4.69, 9.17) is 11.6 Å². The molecule has 108 valence electrons. The van der Waals surface area contributed by atoms with Crippen molar-refractivity contribution in [2.75, 3.05) is 5.32 Å². The van der Waals surface area contributed by atoms with E-state index in [1.54, 1.807) is 23.5 Å². The van der Waals surface area contributed by atoms with E-state index in [9.17, 15) is 5.26 Å². The van der Waals surface area contributed by atoms with Crippen molar-refractivity contribution in [2.24, 2.45) is 5.92 Å². The number of thiophene rings is 1. The summed E-state index contributed by atoms with van der Waals surface area (Å²) in [4.78, 5) is 1.34. The zero-order chi connectivity index (χ0) is 14.7. The number of hydrogen-bond acceptors (Lipinski definition) is 3. The summed E-state index contributed by atoms with van der Waals surface area (Å²) in [5, 5.41) is 15.6. The Morgan fingerprint density at radius 1 is 1.29 bits per heavy atom. The lowest BCUT2D eigenvalue weighted by Crippen LogP contribution is -2.18. The molecule has 1 heterocycles. The Labute approximate surface area is 134 Å². The first-order valence-corrected chi connectivity index (χ1v) is 8.53. The van der Waals surface area contributed by atoms with Gasteiger partial charge in [-0.15, -0.1) is 11.3 Å². The van der Waals surface area contributed by atoms with Crippen LogP contribution in [0.5, 0.6) is 0 Å². The van der Waals surface area contributed by atoms with Gasteiger partial charge in [-0.25, -0.2) is 0 Å². The summed E-state index contributed by atoms with van der Waals surface area (Å²) in [6.45, 7) is 0. The Morgan fingerprint density at radius 2 is 2.10 bits per heavy atom. The first kappa shape index (κ1) is 14.4. The van der Waals surface area contributed by atoms with E-state index < -0.39 is 0 Å². The lowest BCUT2D eigenvalue weighted by molar-refractivity contribution is 0.475. The third-order valence-corrected chi connectivity index (χ3v) is 5.32. The van der Waals surface area contributed by atoms with E-state index in [1.807, 2.05) is 6.07 Å². The highest BCUT2D eigenvalue weighted by atomic mass is 35.5. The van der Waals surface area contributed by atoms with Crippen LogP contribution < -0.4 is 5.32 Å². The zero-order valence-electron chi connectivity index (χ0n) is 11.7. The molecular weight excluding hydrogens is 300 g/mol. The molecule has 1 aromatic heterocycles. The fourth-order valence-corrected chi connectivity index (χ4v) is 4.12. The van der Waals surface area contributed by atoms with E-state index in [1.165, 1.54) is 30.6 Å². The van der Waals surface area contributed by atoms with E-state index in [0.717, 1.165) is 5.69 Å². The predicted octanol–water partition coefficient (Wildman–Crippen LogP) is 5.62. The van der Waals surface area contributed by atoms with Crippen molar-refractivity contribution in [2.45, 2.75) is 31.7 Å². The van der Waals surface area contributed by atoms with Gasteiger partial charge in [-0.05, 0) is 48.4 Å². The SMILES string of the molecule is N#Cc1ccc(Cl)cc1NC(c1cccs1)C1CCCC1. The molecule has 21 heavy (non-hydrogen) atoms. The minimum absolute atomic E-state index is 0.276. The van der Waals surface area contributed by atoms with Crippen LogP contribution in [0, 0.1) is 17.2 Å².